The molecule has 110 valence electrons. The molecule has 0 saturated carbocycles. The van der Waals surface area contributed by atoms with E-state index >= 15 is 0 Å². The number of ether oxygens (including phenoxy) is 2. The fourth-order valence-electron chi connectivity index (χ4n) is 2.32. The molecule has 4 heteroatoms. The molecule has 4 nitrogen and oxygen atoms in total. The van der Waals surface area contributed by atoms with E-state index in [1.54, 1.807) is 0 Å². The van der Waals surface area contributed by atoms with Crippen LogP contribution in [0.2, 0.25) is 0 Å². The van der Waals surface area contributed by atoms with Gasteiger partial charge in [0.15, 0.2) is 0 Å². The van der Waals surface area contributed by atoms with E-state index in [0.29, 0.717) is 25.7 Å². The second-order valence-electron chi connectivity index (χ2n) is 5.47. The van der Waals surface area contributed by atoms with Crippen LogP contribution in [0.4, 0.5) is 0 Å². The molecule has 0 aliphatic carbocycles. The number of carbonyl (C=O) groups is 1. The first-order valence-electron chi connectivity index (χ1n) is 7.24. The average molecular weight is 277 g/mol. The van der Waals surface area contributed by atoms with Crippen LogP contribution in [0.3, 0.4) is 0 Å². The molecule has 2 rings (SSSR count). The van der Waals surface area contributed by atoms with E-state index in [4.69, 9.17) is 9.47 Å². The van der Waals surface area contributed by atoms with Gasteiger partial charge >= 0.3 is 5.97 Å². The summed E-state index contributed by atoms with van der Waals surface area (Å²) in [6, 6.07) is 7.68. The summed E-state index contributed by atoms with van der Waals surface area (Å²) in [5.74, 6) is 0.280. The van der Waals surface area contributed by atoms with E-state index in [-0.39, 0.29) is 12.0 Å². The van der Waals surface area contributed by atoms with Crippen molar-refractivity contribution in [2.75, 3.05) is 26.4 Å². The molecule has 20 heavy (non-hydrogen) atoms. The van der Waals surface area contributed by atoms with Gasteiger partial charge in [-0.3, -0.25) is 0 Å². The first kappa shape index (κ1) is 15.0. The molecule has 1 aliphatic rings. The topological polar surface area (TPSA) is 47.6 Å². The maximum Gasteiger partial charge on any atom is 0.327 e. The van der Waals surface area contributed by atoms with Gasteiger partial charge in [0.05, 0.1) is 6.61 Å². The third kappa shape index (κ3) is 4.05. The predicted molar refractivity (Wildman–Crippen MR) is 77.5 cm³/mol. The highest BCUT2D eigenvalue weighted by molar-refractivity contribution is 5.78. The summed E-state index contributed by atoms with van der Waals surface area (Å²) in [4.78, 5) is 12.1. The van der Waals surface area contributed by atoms with Crippen LogP contribution < -0.4 is 5.32 Å². The molecule has 0 fully saturated rings. The zero-order valence-corrected chi connectivity index (χ0v) is 12.2. The van der Waals surface area contributed by atoms with Crippen molar-refractivity contribution in [2.24, 2.45) is 5.92 Å². The fraction of sp³-hybridized carbons (Fsp3) is 0.562. The van der Waals surface area contributed by atoms with E-state index in [1.807, 2.05) is 18.2 Å². The Kier molecular flexibility index (Phi) is 5.56. The van der Waals surface area contributed by atoms with Crippen LogP contribution in [-0.2, 0) is 20.7 Å². The van der Waals surface area contributed by atoms with E-state index in [9.17, 15) is 4.79 Å². The van der Waals surface area contributed by atoms with Gasteiger partial charge < -0.3 is 14.8 Å². The lowest BCUT2D eigenvalue weighted by atomic mass is 9.94. The molecule has 0 bridgehead atoms. The van der Waals surface area contributed by atoms with Crippen LogP contribution in [0.15, 0.2) is 24.3 Å². The van der Waals surface area contributed by atoms with Crippen LogP contribution in [-0.4, -0.2) is 32.3 Å². The number of fused-ring (bicyclic) bond motifs is 1. The predicted octanol–water partition coefficient (Wildman–Crippen LogP) is 2.09. The van der Waals surface area contributed by atoms with Gasteiger partial charge in [-0.05, 0) is 23.5 Å². The number of rotatable bonds is 6. The zero-order valence-electron chi connectivity index (χ0n) is 12.2. The van der Waals surface area contributed by atoms with Crippen LogP contribution in [0.5, 0.6) is 0 Å². The molecule has 0 radical (unpaired) electrons. The largest absolute Gasteiger partial charge is 0.462 e. The highest BCUT2D eigenvalue weighted by Gasteiger charge is 2.26. The fourth-order valence-corrected chi connectivity index (χ4v) is 2.32. The number of carbonyl (C=O) groups excluding carboxylic acids is 1. The minimum absolute atomic E-state index is 0.217. The Balaban J connectivity index is 1.82. The summed E-state index contributed by atoms with van der Waals surface area (Å²) >= 11 is 0. The molecule has 1 aromatic carbocycles. The van der Waals surface area contributed by atoms with Crippen LogP contribution in [0.1, 0.15) is 31.0 Å². The van der Waals surface area contributed by atoms with Gasteiger partial charge in [0.1, 0.15) is 12.6 Å². The van der Waals surface area contributed by atoms with Gasteiger partial charge in [0.2, 0.25) is 0 Å². The average Bonchev–Trinajstić information content (AvgIpc) is 2.45. The lowest BCUT2D eigenvalue weighted by Gasteiger charge is -2.25. The van der Waals surface area contributed by atoms with Crippen LogP contribution in [0.25, 0.3) is 0 Å². The summed E-state index contributed by atoms with van der Waals surface area (Å²) in [6.07, 6.45) is 0.956. The molecule has 1 N–H and O–H groups in total. The van der Waals surface area contributed by atoms with Crippen molar-refractivity contribution in [3.63, 3.8) is 0 Å². The quantitative estimate of drug-likeness (QED) is 0.639. The summed E-state index contributed by atoms with van der Waals surface area (Å²) in [7, 11) is 0. The minimum Gasteiger partial charge on any atom is -0.462 e. The molecule has 0 aromatic heterocycles. The first-order chi connectivity index (χ1) is 9.68. The highest BCUT2D eigenvalue weighted by Crippen LogP contribution is 2.23. The van der Waals surface area contributed by atoms with E-state index < -0.39 is 0 Å². The van der Waals surface area contributed by atoms with E-state index in [1.165, 1.54) is 5.56 Å². The van der Waals surface area contributed by atoms with Gasteiger partial charge in [-0.2, -0.15) is 0 Å². The maximum absolute atomic E-state index is 12.1. The molecule has 1 aliphatic heterocycles. The Morgan fingerprint density at radius 3 is 2.95 bits per heavy atom. The normalized spacial score (nSPS) is 17.9. The molecule has 1 atom stereocenters. The maximum atomic E-state index is 12.1. The van der Waals surface area contributed by atoms with Crippen LogP contribution in [0, 0.1) is 5.92 Å². The second kappa shape index (κ2) is 7.41. The van der Waals surface area contributed by atoms with Gasteiger partial charge in [0.25, 0.3) is 0 Å². The zero-order chi connectivity index (χ0) is 14.4. The smallest absolute Gasteiger partial charge is 0.327 e. The number of esters is 1. The molecular formula is C16H23NO3. The standard InChI is InChI=1S/C16H23NO3/c1-12(2)11-19-9-10-20-16(18)15-14-6-4-3-5-13(14)7-8-17-15/h3-6,12,15,17H,7-11H2,1-2H3. The van der Waals surface area contributed by atoms with Gasteiger partial charge in [0, 0.05) is 13.2 Å². The Bertz CT molecular complexity index is 445. The lowest BCUT2D eigenvalue weighted by Crippen LogP contribution is -2.36. The molecule has 0 amide bonds. The summed E-state index contributed by atoms with van der Waals surface area (Å²) in [6.45, 7) is 6.46. The van der Waals surface area contributed by atoms with Crippen molar-refractivity contribution in [3.8, 4) is 0 Å². The first-order valence-corrected chi connectivity index (χ1v) is 7.24. The summed E-state index contributed by atoms with van der Waals surface area (Å²) < 4.78 is 10.7. The van der Waals surface area contributed by atoms with E-state index in [2.05, 4.69) is 25.2 Å². The molecule has 0 spiro atoms. The molecular weight excluding hydrogens is 254 g/mol. The number of hydrogen-bond donors (Lipinski definition) is 1. The van der Waals surface area contributed by atoms with Crippen molar-refractivity contribution in [1.29, 1.82) is 0 Å². The van der Waals surface area contributed by atoms with E-state index in [0.717, 1.165) is 18.5 Å². The van der Waals surface area contributed by atoms with Crippen molar-refractivity contribution in [1.82, 2.24) is 5.32 Å². The Morgan fingerprint density at radius 2 is 2.15 bits per heavy atom. The van der Waals surface area contributed by atoms with Crippen molar-refractivity contribution < 1.29 is 14.3 Å². The SMILES string of the molecule is CC(C)COCCOC(=O)C1NCCc2ccccc21. The third-order valence-electron chi connectivity index (χ3n) is 3.27. The molecule has 1 unspecified atom stereocenters. The molecule has 1 aromatic rings. The highest BCUT2D eigenvalue weighted by atomic mass is 16.6. The van der Waals surface area contributed by atoms with Crippen LogP contribution >= 0.6 is 0 Å². The molecule has 1 heterocycles. The lowest BCUT2D eigenvalue weighted by molar-refractivity contribution is -0.148. The van der Waals surface area contributed by atoms with Crippen molar-refractivity contribution in [2.45, 2.75) is 26.3 Å². The summed E-state index contributed by atoms with van der Waals surface area (Å²) in [5, 5.41) is 3.22. The second-order valence-corrected chi connectivity index (χ2v) is 5.47. The number of hydrogen-bond acceptors (Lipinski definition) is 4. The number of nitrogens with one attached hydrogen (secondary N) is 1. The Labute approximate surface area is 120 Å². The van der Waals surface area contributed by atoms with Crippen molar-refractivity contribution in [3.05, 3.63) is 35.4 Å². The van der Waals surface area contributed by atoms with Gasteiger partial charge in [-0.1, -0.05) is 38.1 Å². The molecule has 0 saturated heterocycles. The summed E-state index contributed by atoms with van der Waals surface area (Å²) in [5.41, 5.74) is 2.26. The van der Waals surface area contributed by atoms with Gasteiger partial charge in [-0.15, -0.1) is 0 Å². The Morgan fingerprint density at radius 1 is 1.35 bits per heavy atom. The third-order valence-corrected chi connectivity index (χ3v) is 3.27. The number of benzene rings is 1. The van der Waals surface area contributed by atoms with Crippen molar-refractivity contribution >= 4 is 5.97 Å². The Hall–Kier alpha value is -1.39. The minimum atomic E-state index is -0.343. The monoisotopic (exact) mass is 277 g/mol. The van der Waals surface area contributed by atoms with Gasteiger partial charge in [-0.25, -0.2) is 4.79 Å².